The van der Waals surface area contributed by atoms with Crippen molar-refractivity contribution in [1.29, 1.82) is 10.5 Å². The van der Waals surface area contributed by atoms with Crippen molar-refractivity contribution in [3.05, 3.63) is 58.6 Å². The van der Waals surface area contributed by atoms with E-state index in [-0.39, 0.29) is 5.88 Å². The van der Waals surface area contributed by atoms with Crippen LogP contribution in [0.25, 0.3) is 10.9 Å². The zero-order valence-corrected chi connectivity index (χ0v) is 13.3. The summed E-state index contributed by atoms with van der Waals surface area (Å²) in [6, 6.07) is 15.6. The highest BCUT2D eigenvalue weighted by Crippen LogP contribution is 2.33. The van der Waals surface area contributed by atoms with Gasteiger partial charge in [-0.2, -0.15) is 10.5 Å². The highest BCUT2D eigenvalue weighted by molar-refractivity contribution is 6.31. The van der Waals surface area contributed by atoms with E-state index < -0.39 is 0 Å². The molecule has 0 aliphatic carbocycles. The van der Waals surface area contributed by atoms with Crippen molar-refractivity contribution in [1.82, 2.24) is 4.98 Å². The minimum Gasteiger partial charge on any atom is -0.493 e. The summed E-state index contributed by atoms with van der Waals surface area (Å²) in [5.41, 5.74) is 1.46. The number of hydrogen-bond donors (Lipinski definition) is 0. The van der Waals surface area contributed by atoms with E-state index in [0.29, 0.717) is 38.6 Å². The van der Waals surface area contributed by atoms with Gasteiger partial charge in [-0.1, -0.05) is 11.6 Å². The fraction of sp³-hybridized carbons (Fsp3) is 0.0556. The molecule has 5 nitrogen and oxygen atoms in total. The number of fused-ring (bicyclic) bond motifs is 1. The molecule has 0 atom stereocenters. The molecule has 6 heteroatoms. The van der Waals surface area contributed by atoms with E-state index in [1.807, 2.05) is 6.07 Å². The molecule has 0 N–H and O–H groups in total. The lowest BCUT2D eigenvalue weighted by atomic mass is 10.1. The van der Waals surface area contributed by atoms with E-state index in [1.165, 1.54) is 13.2 Å². The summed E-state index contributed by atoms with van der Waals surface area (Å²) in [5, 5.41) is 19.5. The Kier molecular flexibility index (Phi) is 4.20. The third-order valence-electron chi connectivity index (χ3n) is 3.37. The van der Waals surface area contributed by atoms with Gasteiger partial charge < -0.3 is 9.47 Å². The number of aromatic nitrogens is 1. The van der Waals surface area contributed by atoms with Crippen LogP contribution in [0.15, 0.2) is 42.5 Å². The van der Waals surface area contributed by atoms with Crippen molar-refractivity contribution in [2.75, 3.05) is 7.11 Å². The third kappa shape index (κ3) is 2.94. The van der Waals surface area contributed by atoms with E-state index in [4.69, 9.17) is 26.3 Å². The van der Waals surface area contributed by atoms with Gasteiger partial charge in [-0.15, -0.1) is 0 Å². The number of halogens is 1. The molecule has 116 valence electrons. The van der Waals surface area contributed by atoms with Gasteiger partial charge >= 0.3 is 0 Å². The molecule has 24 heavy (non-hydrogen) atoms. The van der Waals surface area contributed by atoms with Gasteiger partial charge in [0.2, 0.25) is 5.88 Å². The number of pyridine rings is 1. The normalized spacial score (nSPS) is 10.0. The molecule has 0 radical (unpaired) electrons. The maximum atomic E-state index is 9.35. The van der Waals surface area contributed by atoms with Crippen LogP contribution in [0, 0.1) is 22.7 Å². The molecule has 1 aromatic heterocycles. The van der Waals surface area contributed by atoms with E-state index >= 15 is 0 Å². The van der Waals surface area contributed by atoms with Crippen LogP contribution in [0.5, 0.6) is 17.4 Å². The molecule has 2 aromatic carbocycles. The highest BCUT2D eigenvalue weighted by Gasteiger charge is 2.11. The Hall–Kier alpha value is -3.28. The van der Waals surface area contributed by atoms with Crippen LogP contribution >= 0.6 is 11.6 Å². The molecule has 0 amide bonds. The van der Waals surface area contributed by atoms with Gasteiger partial charge in [0.25, 0.3) is 0 Å². The van der Waals surface area contributed by atoms with Crippen LogP contribution in [-0.2, 0) is 0 Å². The molecule has 0 saturated heterocycles. The summed E-state index contributed by atoms with van der Waals surface area (Å²) in [4.78, 5) is 4.39. The van der Waals surface area contributed by atoms with Crippen molar-refractivity contribution in [2.45, 2.75) is 0 Å². The number of methoxy groups -OCH3 is 1. The van der Waals surface area contributed by atoms with Crippen LogP contribution in [0.4, 0.5) is 0 Å². The first kappa shape index (κ1) is 15.6. The quantitative estimate of drug-likeness (QED) is 0.707. The van der Waals surface area contributed by atoms with Crippen molar-refractivity contribution in [3.63, 3.8) is 0 Å². The summed E-state index contributed by atoms with van der Waals surface area (Å²) >= 11 is 5.97. The topological polar surface area (TPSA) is 78.9 Å². The zero-order chi connectivity index (χ0) is 17.1. The Bertz CT molecular complexity index is 1020. The van der Waals surface area contributed by atoms with E-state index in [0.717, 1.165) is 0 Å². The Morgan fingerprint density at radius 2 is 1.83 bits per heavy atom. The van der Waals surface area contributed by atoms with Gasteiger partial charge in [-0.3, -0.25) is 0 Å². The molecule has 0 unspecified atom stereocenters. The van der Waals surface area contributed by atoms with Gasteiger partial charge in [0.1, 0.15) is 6.07 Å². The SMILES string of the molecule is COc1cc(C#N)ccc1Oc1cc(C#N)c2cc(Cl)ccc2n1. The van der Waals surface area contributed by atoms with Crippen LogP contribution in [0.3, 0.4) is 0 Å². The molecule has 3 rings (SSSR count). The van der Waals surface area contributed by atoms with E-state index in [1.54, 1.807) is 36.4 Å². The third-order valence-corrected chi connectivity index (χ3v) is 3.61. The lowest BCUT2D eigenvalue weighted by molar-refractivity contribution is 0.374. The Labute approximate surface area is 143 Å². The minimum atomic E-state index is 0.254. The number of rotatable bonds is 3. The van der Waals surface area contributed by atoms with Crippen molar-refractivity contribution in [3.8, 4) is 29.5 Å². The molecule has 1 heterocycles. The molecule has 0 bridgehead atoms. The van der Waals surface area contributed by atoms with Gasteiger partial charge in [-0.05, 0) is 30.3 Å². The number of ether oxygens (including phenoxy) is 2. The van der Waals surface area contributed by atoms with E-state index in [2.05, 4.69) is 11.1 Å². The van der Waals surface area contributed by atoms with Crippen LogP contribution in [0.2, 0.25) is 5.02 Å². The fourth-order valence-corrected chi connectivity index (χ4v) is 2.42. The van der Waals surface area contributed by atoms with E-state index in [9.17, 15) is 5.26 Å². The average molecular weight is 336 g/mol. The largest absolute Gasteiger partial charge is 0.493 e. The molecule has 0 saturated carbocycles. The first-order valence-electron chi connectivity index (χ1n) is 6.91. The van der Waals surface area contributed by atoms with Crippen LogP contribution in [-0.4, -0.2) is 12.1 Å². The van der Waals surface area contributed by atoms with Crippen LogP contribution in [0.1, 0.15) is 11.1 Å². The smallest absolute Gasteiger partial charge is 0.221 e. The second kappa shape index (κ2) is 6.45. The molecule has 0 fully saturated rings. The van der Waals surface area contributed by atoms with Gasteiger partial charge in [-0.25, -0.2) is 4.98 Å². The van der Waals surface area contributed by atoms with Gasteiger partial charge in [0.05, 0.1) is 29.8 Å². The summed E-state index contributed by atoms with van der Waals surface area (Å²) in [7, 11) is 1.49. The van der Waals surface area contributed by atoms with Crippen LogP contribution < -0.4 is 9.47 Å². The summed E-state index contributed by atoms with van der Waals surface area (Å²) in [6.45, 7) is 0. The Morgan fingerprint density at radius 1 is 1.00 bits per heavy atom. The predicted octanol–water partition coefficient (Wildman–Crippen LogP) is 4.43. The Balaban J connectivity index is 2.07. The summed E-state index contributed by atoms with van der Waals surface area (Å²) in [6.07, 6.45) is 0. The standard InChI is InChI=1S/C18H10ClN3O2/c1-23-17-6-11(9-20)2-5-16(17)24-18-7-12(10-21)14-8-13(19)3-4-15(14)22-18/h2-8H,1H3. The average Bonchev–Trinajstić information content (AvgIpc) is 2.61. The van der Waals surface area contributed by atoms with Gasteiger partial charge in [0, 0.05) is 22.5 Å². The first-order chi connectivity index (χ1) is 11.6. The van der Waals surface area contributed by atoms with Crippen molar-refractivity contribution >= 4 is 22.5 Å². The molecule has 0 spiro atoms. The zero-order valence-electron chi connectivity index (χ0n) is 12.6. The minimum absolute atomic E-state index is 0.254. The maximum Gasteiger partial charge on any atom is 0.221 e. The van der Waals surface area contributed by atoms with Crippen molar-refractivity contribution < 1.29 is 9.47 Å². The second-order valence-corrected chi connectivity index (χ2v) is 5.30. The fourth-order valence-electron chi connectivity index (χ4n) is 2.25. The number of benzene rings is 2. The molecule has 0 aliphatic heterocycles. The number of nitriles is 2. The second-order valence-electron chi connectivity index (χ2n) is 4.86. The molecule has 0 aliphatic rings. The summed E-state index contributed by atoms with van der Waals surface area (Å²) in [5.74, 6) is 1.07. The molecular formula is C18H10ClN3O2. The lowest BCUT2D eigenvalue weighted by Crippen LogP contribution is -1.94. The first-order valence-corrected chi connectivity index (χ1v) is 7.29. The monoisotopic (exact) mass is 335 g/mol. The predicted molar refractivity (Wildman–Crippen MR) is 89.3 cm³/mol. The maximum absolute atomic E-state index is 9.35. The summed E-state index contributed by atoms with van der Waals surface area (Å²) < 4.78 is 11.0. The lowest BCUT2D eigenvalue weighted by Gasteiger charge is -2.11. The molecular weight excluding hydrogens is 326 g/mol. The number of nitrogens with zero attached hydrogens (tertiary/aromatic N) is 3. The van der Waals surface area contributed by atoms with Gasteiger partial charge in [0.15, 0.2) is 11.5 Å². The molecule has 3 aromatic rings. The Morgan fingerprint density at radius 3 is 2.54 bits per heavy atom. The number of hydrogen-bond acceptors (Lipinski definition) is 5. The van der Waals surface area contributed by atoms with Crippen molar-refractivity contribution in [2.24, 2.45) is 0 Å². The highest BCUT2D eigenvalue weighted by atomic mass is 35.5.